The van der Waals surface area contributed by atoms with Crippen LogP contribution in [0.4, 0.5) is 23.2 Å². The Morgan fingerprint density at radius 1 is 1.00 bits per heavy atom. The van der Waals surface area contributed by atoms with E-state index in [1.165, 1.54) is 31.2 Å². The largest absolute Gasteiger partial charge is 0.419 e. The maximum Gasteiger partial charge on any atom is 0.419 e. The topological polar surface area (TPSA) is 104 Å². The predicted octanol–water partition coefficient (Wildman–Crippen LogP) is 2.51. The van der Waals surface area contributed by atoms with Crippen LogP contribution < -0.4 is 15.4 Å². The van der Waals surface area contributed by atoms with Crippen molar-refractivity contribution in [3.63, 3.8) is 0 Å². The fourth-order valence-electron chi connectivity index (χ4n) is 2.34. The minimum Gasteiger partial charge on any atom is -0.351 e. The zero-order chi connectivity index (χ0) is 22.5. The maximum atomic E-state index is 13.3. The van der Waals surface area contributed by atoms with Crippen LogP contribution in [0.15, 0.2) is 47.4 Å². The zero-order valence-electron chi connectivity index (χ0n) is 15.5. The lowest BCUT2D eigenvalue weighted by Gasteiger charge is -2.12. The molecule has 3 N–H and O–H groups in total. The van der Waals surface area contributed by atoms with E-state index in [-0.39, 0.29) is 30.6 Å². The zero-order valence-corrected chi connectivity index (χ0v) is 16.3. The number of alkyl halides is 3. The van der Waals surface area contributed by atoms with Crippen LogP contribution in [0.25, 0.3) is 0 Å². The number of carbonyl (C=O) groups excluding carboxylic acids is 2. The van der Waals surface area contributed by atoms with E-state index in [1.807, 2.05) is 4.72 Å². The molecule has 2 aromatic rings. The van der Waals surface area contributed by atoms with Gasteiger partial charge in [-0.1, -0.05) is 0 Å². The Bertz CT molecular complexity index is 1040. The number of rotatable bonds is 7. The van der Waals surface area contributed by atoms with Gasteiger partial charge in [-0.05, 0) is 42.5 Å². The number of halogens is 4. The predicted molar refractivity (Wildman–Crippen MR) is 99.7 cm³/mol. The quantitative estimate of drug-likeness (QED) is 0.448. The molecule has 0 saturated heterocycles. The van der Waals surface area contributed by atoms with Gasteiger partial charge >= 0.3 is 6.18 Å². The minimum atomic E-state index is -5.04. The number of sulfonamides is 1. The molecule has 0 spiro atoms. The first-order valence-corrected chi connectivity index (χ1v) is 9.91. The summed E-state index contributed by atoms with van der Waals surface area (Å²) in [5.41, 5.74) is -0.953. The smallest absolute Gasteiger partial charge is 0.351 e. The van der Waals surface area contributed by atoms with Crippen molar-refractivity contribution in [2.75, 3.05) is 18.4 Å². The van der Waals surface area contributed by atoms with Crippen molar-refractivity contribution in [3.05, 3.63) is 59.4 Å². The van der Waals surface area contributed by atoms with E-state index in [0.29, 0.717) is 17.8 Å². The molecule has 0 aromatic heterocycles. The van der Waals surface area contributed by atoms with Crippen LogP contribution in [-0.4, -0.2) is 33.3 Å². The average Bonchev–Trinajstić information content (AvgIpc) is 2.64. The van der Waals surface area contributed by atoms with Crippen LogP contribution in [-0.2, 0) is 21.0 Å². The van der Waals surface area contributed by atoms with Crippen LogP contribution in [0.3, 0.4) is 0 Å². The molecular formula is C18H17F4N3O4S. The van der Waals surface area contributed by atoms with Crippen molar-refractivity contribution in [1.29, 1.82) is 0 Å². The monoisotopic (exact) mass is 447 g/mol. The number of anilines is 1. The molecule has 0 saturated carbocycles. The van der Waals surface area contributed by atoms with Crippen LogP contribution >= 0.6 is 0 Å². The van der Waals surface area contributed by atoms with Crippen molar-refractivity contribution in [1.82, 2.24) is 10.0 Å². The Balaban J connectivity index is 1.93. The van der Waals surface area contributed by atoms with Crippen LogP contribution in [0.5, 0.6) is 0 Å². The molecule has 0 aliphatic rings. The summed E-state index contributed by atoms with van der Waals surface area (Å²) in [7, 11) is -4.35. The van der Waals surface area contributed by atoms with Gasteiger partial charge in [0.15, 0.2) is 0 Å². The third kappa shape index (κ3) is 6.26. The van der Waals surface area contributed by atoms with E-state index in [4.69, 9.17) is 0 Å². The summed E-state index contributed by atoms with van der Waals surface area (Å²) in [5, 5.41) is 4.97. The Hall–Kier alpha value is -2.99. The highest BCUT2D eigenvalue weighted by atomic mass is 32.2. The number of nitrogens with one attached hydrogen (secondary N) is 3. The van der Waals surface area contributed by atoms with Crippen molar-refractivity contribution < 1.29 is 35.6 Å². The molecule has 0 atom stereocenters. The normalized spacial score (nSPS) is 11.8. The molecule has 0 aliphatic heterocycles. The molecule has 30 heavy (non-hydrogen) atoms. The van der Waals surface area contributed by atoms with E-state index >= 15 is 0 Å². The second kappa shape index (κ2) is 9.22. The van der Waals surface area contributed by atoms with E-state index in [2.05, 4.69) is 10.6 Å². The first-order chi connectivity index (χ1) is 13.9. The molecule has 2 amide bonds. The van der Waals surface area contributed by atoms with Gasteiger partial charge in [0.1, 0.15) is 5.82 Å². The van der Waals surface area contributed by atoms with E-state index in [9.17, 15) is 35.6 Å². The molecule has 0 unspecified atom stereocenters. The highest BCUT2D eigenvalue weighted by molar-refractivity contribution is 7.89. The summed E-state index contributed by atoms with van der Waals surface area (Å²) in [6, 6.07) is 7.24. The molecule has 0 heterocycles. The summed E-state index contributed by atoms with van der Waals surface area (Å²) in [4.78, 5) is 22.2. The molecule has 0 bridgehead atoms. The van der Waals surface area contributed by atoms with E-state index < -0.39 is 38.4 Å². The molecule has 0 aliphatic carbocycles. The molecular weight excluding hydrogens is 430 g/mol. The fraction of sp³-hybridized carbons (Fsp3) is 0.222. The first kappa shape index (κ1) is 23.3. The summed E-state index contributed by atoms with van der Waals surface area (Å²) in [5.74, 6) is -2.38. The Morgan fingerprint density at radius 2 is 1.63 bits per heavy atom. The number of amides is 2. The van der Waals surface area contributed by atoms with Gasteiger partial charge in [-0.3, -0.25) is 9.59 Å². The second-order valence-corrected chi connectivity index (χ2v) is 7.82. The fourth-order valence-corrected chi connectivity index (χ4v) is 3.40. The van der Waals surface area contributed by atoms with Gasteiger partial charge < -0.3 is 10.6 Å². The summed E-state index contributed by atoms with van der Waals surface area (Å²) < 4.78 is 77.8. The Labute approximate surface area is 169 Å². The summed E-state index contributed by atoms with van der Waals surface area (Å²) >= 11 is 0. The van der Waals surface area contributed by atoms with Gasteiger partial charge in [0.2, 0.25) is 15.9 Å². The van der Waals surface area contributed by atoms with Crippen molar-refractivity contribution in [3.8, 4) is 0 Å². The highest BCUT2D eigenvalue weighted by Gasteiger charge is 2.35. The lowest BCUT2D eigenvalue weighted by molar-refractivity contribution is -0.140. The average molecular weight is 447 g/mol. The second-order valence-electron chi connectivity index (χ2n) is 6.05. The van der Waals surface area contributed by atoms with Crippen LogP contribution in [0, 0.1) is 5.82 Å². The lowest BCUT2D eigenvalue weighted by atomic mass is 10.2. The van der Waals surface area contributed by atoms with Crippen LogP contribution in [0.1, 0.15) is 22.8 Å². The number of hydrogen-bond acceptors (Lipinski definition) is 4. The van der Waals surface area contributed by atoms with Gasteiger partial charge in [0.05, 0.1) is 10.5 Å². The highest BCUT2D eigenvalue weighted by Crippen LogP contribution is 2.32. The van der Waals surface area contributed by atoms with E-state index in [0.717, 1.165) is 0 Å². The van der Waals surface area contributed by atoms with Gasteiger partial charge in [-0.2, -0.15) is 13.2 Å². The SMILES string of the molecule is CC(=O)Nc1ccc(C(=O)NCCNS(=O)(=O)c2ccc(F)c(C(F)(F)F)c2)cc1. The summed E-state index contributed by atoms with van der Waals surface area (Å²) in [6.45, 7) is 0.868. The molecule has 7 nitrogen and oxygen atoms in total. The van der Waals surface area contributed by atoms with Gasteiger partial charge in [0, 0.05) is 31.3 Å². The van der Waals surface area contributed by atoms with Gasteiger partial charge in [-0.25, -0.2) is 17.5 Å². The summed E-state index contributed by atoms with van der Waals surface area (Å²) in [6.07, 6.45) is -5.04. The van der Waals surface area contributed by atoms with E-state index in [1.54, 1.807) is 0 Å². The molecule has 12 heteroatoms. The maximum absolute atomic E-state index is 13.3. The Morgan fingerprint density at radius 3 is 2.20 bits per heavy atom. The minimum absolute atomic E-state index is 0.154. The number of carbonyl (C=O) groups is 2. The number of hydrogen-bond donors (Lipinski definition) is 3. The number of benzene rings is 2. The van der Waals surface area contributed by atoms with Crippen molar-refractivity contribution >= 4 is 27.5 Å². The third-order valence-electron chi connectivity index (χ3n) is 3.72. The van der Waals surface area contributed by atoms with Crippen LogP contribution in [0.2, 0.25) is 0 Å². The van der Waals surface area contributed by atoms with Gasteiger partial charge in [-0.15, -0.1) is 0 Å². The Kier molecular flexibility index (Phi) is 7.16. The van der Waals surface area contributed by atoms with Crippen molar-refractivity contribution in [2.45, 2.75) is 18.0 Å². The van der Waals surface area contributed by atoms with Crippen molar-refractivity contribution in [2.24, 2.45) is 0 Å². The third-order valence-corrected chi connectivity index (χ3v) is 5.18. The standard InChI is InChI=1S/C18H17F4N3O4S/c1-11(26)25-13-4-2-12(3-5-13)17(27)23-8-9-24-30(28,29)14-6-7-16(19)15(10-14)18(20,21)22/h2-7,10,24H,8-9H2,1H3,(H,23,27)(H,25,26). The molecule has 2 aromatic carbocycles. The molecule has 0 fully saturated rings. The lowest BCUT2D eigenvalue weighted by Crippen LogP contribution is -2.34. The molecule has 0 radical (unpaired) electrons. The first-order valence-electron chi connectivity index (χ1n) is 8.42. The van der Waals surface area contributed by atoms with Gasteiger partial charge in [0.25, 0.3) is 5.91 Å². The molecule has 2 rings (SSSR count). The molecule has 162 valence electrons.